The Hall–Kier alpha value is -0.510. The minimum Gasteiger partial charge on any atom is -0.304 e. The van der Waals surface area contributed by atoms with Gasteiger partial charge in [0, 0.05) is 6.54 Å². The smallest absolute Gasteiger partial charge is 0.239 e. The summed E-state index contributed by atoms with van der Waals surface area (Å²) in [6, 6.07) is 0. The molecule has 0 radical (unpaired) electrons. The average molecular weight is 284 g/mol. The van der Waals surface area contributed by atoms with Crippen LogP contribution in [0, 0.1) is 11.8 Å². The lowest BCUT2D eigenvalue weighted by molar-refractivity contribution is -0.119. The normalized spacial score (nSPS) is 26.3. The highest BCUT2D eigenvalue weighted by atomic mass is 32.2. The predicted molar refractivity (Wildman–Crippen MR) is 84.6 cm³/mol. The van der Waals surface area contributed by atoms with Crippen molar-refractivity contribution in [3.05, 3.63) is 0 Å². The van der Waals surface area contributed by atoms with Crippen LogP contribution in [0.1, 0.15) is 59.8 Å². The van der Waals surface area contributed by atoms with Crippen molar-refractivity contribution in [3.8, 4) is 0 Å². The molecule has 0 bridgehead atoms. The highest BCUT2D eigenvalue weighted by Crippen LogP contribution is 2.27. The molecule has 1 unspecified atom stereocenters. The first-order valence-corrected chi connectivity index (χ1v) is 8.56. The molecule has 19 heavy (non-hydrogen) atoms. The summed E-state index contributed by atoms with van der Waals surface area (Å²) in [6.07, 6.45) is 6.70. The first kappa shape index (κ1) is 16.5. The van der Waals surface area contributed by atoms with Gasteiger partial charge in [-0.2, -0.15) is 0 Å². The molecule has 2 fully saturated rings. The fraction of sp³-hybridized carbons (Fsp3) is 0.867. The van der Waals surface area contributed by atoms with Crippen LogP contribution in [0.3, 0.4) is 0 Å². The largest absolute Gasteiger partial charge is 0.304 e. The summed E-state index contributed by atoms with van der Waals surface area (Å²) in [7, 11) is 0. The molecule has 0 aromatic heterocycles. The zero-order chi connectivity index (χ0) is 14.3. The summed E-state index contributed by atoms with van der Waals surface area (Å²) >= 11 is 1.60. The van der Waals surface area contributed by atoms with Crippen molar-refractivity contribution in [2.75, 3.05) is 6.54 Å². The molecule has 1 saturated carbocycles. The number of rotatable bonds is 3. The molecule has 1 heterocycles. The van der Waals surface area contributed by atoms with Gasteiger partial charge in [0.25, 0.3) is 0 Å². The van der Waals surface area contributed by atoms with Gasteiger partial charge in [0.05, 0.1) is 5.25 Å². The van der Waals surface area contributed by atoms with E-state index in [0.29, 0.717) is 5.92 Å². The maximum atomic E-state index is 11.7. The van der Waals surface area contributed by atoms with E-state index in [0.717, 1.165) is 17.6 Å². The molecule has 4 heteroatoms. The molecule has 0 spiro atoms. The Kier molecular flexibility index (Phi) is 7.51. The van der Waals surface area contributed by atoms with Gasteiger partial charge in [-0.3, -0.25) is 9.79 Å². The molecule has 110 valence electrons. The number of amides is 1. The van der Waals surface area contributed by atoms with Gasteiger partial charge in [-0.1, -0.05) is 58.7 Å². The van der Waals surface area contributed by atoms with E-state index in [-0.39, 0.29) is 11.2 Å². The lowest BCUT2D eigenvalue weighted by atomic mass is 9.89. The van der Waals surface area contributed by atoms with Crippen LogP contribution >= 0.6 is 11.8 Å². The fourth-order valence-corrected chi connectivity index (χ4v) is 3.46. The molecule has 1 aliphatic heterocycles. The van der Waals surface area contributed by atoms with Crippen LogP contribution in [0.5, 0.6) is 0 Å². The zero-order valence-corrected chi connectivity index (χ0v) is 13.6. The van der Waals surface area contributed by atoms with Crippen molar-refractivity contribution in [2.24, 2.45) is 16.8 Å². The minimum absolute atomic E-state index is 0.0557. The Bertz CT molecular complexity index is 309. The van der Waals surface area contributed by atoms with Crippen molar-refractivity contribution in [3.63, 3.8) is 0 Å². The van der Waals surface area contributed by atoms with Gasteiger partial charge in [0.2, 0.25) is 5.91 Å². The second-order valence-corrected chi connectivity index (χ2v) is 6.55. The molecule has 1 atom stereocenters. The van der Waals surface area contributed by atoms with Gasteiger partial charge in [0.1, 0.15) is 0 Å². The van der Waals surface area contributed by atoms with Gasteiger partial charge in [0.15, 0.2) is 5.17 Å². The van der Waals surface area contributed by atoms with Gasteiger partial charge >= 0.3 is 0 Å². The second kappa shape index (κ2) is 8.62. The maximum absolute atomic E-state index is 11.7. The van der Waals surface area contributed by atoms with Crippen LogP contribution < -0.4 is 5.32 Å². The van der Waals surface area contributed by atoms with Crippen LogP contribution in [0.4, 0.5) is 0 Å². The third-order valence-electron chi connectivity index (χ3n) is 3.55. The number of amidine groups is 1. The summed E-state index contributed by atoms with van der Waals surface area (Å²) in [5.74, 6) is 1.25. The summed E-state index contributed by atoms with van der Waals surface area (Å²) < 4.78 is 0. The molecule has 1 aliphatic carbocycles. The van der Waals surface area contributed by atoms with Crippen molar-refractivity contribution in [2.45, 2.75) is 65.0 Å². The van der Waals surface area contributed by atoms with E-state index >= 15 is 0 Å². The summed E-state index contributed by atoms with van der Waals surface area (Å²) in [5.41, 5.74) is 0. The molecule has 2 rings (SSSR count). The lowest BCUT2D eigenvalue weighted by Gasteiger charge is -2.19. The molecule has 1 saturated heterocycles. The Labute approximate surface area is 122 Å². The van der Waals surface area contributed by atoms with Gasteiger partial charge in [-0.15, -0.1) is 0 Å². The SMILES string of the molecule is CC.CC(C)C1SC(=NCC2CCCCC2)NC1=O. The Morgan fingerprint density at radius 3 is 2.42 bits per heavy atom. The van der Waals surface area contributed by atoms with Gasteiger partial charge in [-0.05, 0) is 24.7 Å². The number of carbonyl (C=O) groups excluding carboxylic acids is 1. The van der Waals surface area contributed by atoms with Crippen LogP contribution in [0.15, 0.2) is 4.99 Å². The number of nitrogens with zero attached hydrogens (tertiary/aromatic N) is 1. The molecule has 0 aromatic rings. The second-order valence-electron chi connectivity index (χ2n) is 5.42. The number of hydrogen-bond acceptors (Lipinski definition) is 3. The third kappa shape index (κ3) is 5.17. The Morgan fingerprint density at radius 1 is 1.26 bits per heavy atom. The number of carbonyl (C=O) groups is 1. The van der Waals surface area contributed by atoms with Crippen molar-refractivity contribution in [1.82, 2.24) is 5.32 Å². The van der Waals surface area contributed by atoms with E-state index in [1.165, 1.54) is 32.1 Å². The molecule has 0 aromatic carbocycles. The lowest BCUT2D eigenvalue weighted by Crippen LogP contribution is -2.27. The standard InChI is InChI=1S/C13H22N2OS.C2H6/c1-9(2)11-12(16)15-13(17-11)14-8-10-6-4-3-5-7-10;1-2/h9-11H,3-8H2,1-2H3,(H,14,15,16);1-2H3. The molecule has 1 amide bonds. The highest BCUT2D eigenvalue weighted by Gasteiger charge is 2.32. The van der Waals surface area contributed by atoms with E-state index < -0.39 is 0 Å². The zero-order valence-electron chi connectivity index (χ0n) is 12.7. The van der Waals surface area contributed by atoms with Crippen LogP contribution in [-0.2, 0) is 4.79 Å². The van der Waals surface area contributed by atoms with Crippen LogP contribution in [0.2, 0.25) is 0 Å². The van der Waals surface area contributed by atoms with Crippen LogP contribution in [0.25, 0.3) is 0 Å². The number of thioether (sulfide) groups is 1. The van der Waals surface area contributed by atoms with Crippen molar-refractivity contribution < 1.29 is 4.79 Å². The van der Waals surface area contributed by atoms with Gasteiger partial charge < -0.3 is 5.32 Å². The summed E-state index contributed by atoms with van der Waals surface area (Å²) in [4.78, 5) is 16.2. The first-order valence-electron chi connectivity index (χ1n) is 7.69. The van der Waals surface area contributed by atoms with E-state index in [4.69, 9.17) is 0 Å². The third-order valence-corrected chi connectivity index (χ3v) is 5.02. The number of aliphatic imine (C=N–C) groups is 1. The molecule has 2 aliphatic rings. The van der Waals surface area contributed by atoms with E-state index in [2.05, 4.69) is 24.2 Å². The number of hydrogen-bond donors (Lipinski definition) is 1. The predicted octanol–water partition coefficient (Wildman–Crippen LogP) is 3.84. The van der Waals surface area contributed by atoms with Crippen LogP contribution in [-0.4, -0.2) is 22.9 Å². The van der Waals surface area contributed by atoms with E-state index in [1.54, 1.807) is 11.8 Å². The minimum atomic E-state index is 0.0557. The number of nitrogens with one attached hydrogen (secondary N) is 1. The van der Waals surface area contributed by atoms with Crippen molar-refractivity contribution >= 4 is 22.8 Å². The monoisotopic (exact) mass is 284 g/mol. The first-order chi connectivity index (χ1) is 9.16. The average Bonchev–Trinajstić information content (AvgIpc) is 2.81. The molecular formula is C15H28N2OS. The molecule has 1 N–H and O–H groups in total. The quantitative estimate of drug-likeness (QED) is 0.855. The maximum Gasteiger partial charge on any atom is 0.239 e. The summed E-state index contributed by atoms with van der Waals surface area (Å²) in [5, 5.41) is 3.80. The molecule has 3 nitrogen and oxygen atoms in total. The fourth-order valence-electron chi connectivity index (χ4n) is 2.48. The van der Waals surface area contributed by atoms with E-state index in [1.807, 2.05) is 13.8 Å². The Balaban J connectivity index is 0.000000861. The Morgan fingerprint density at radius 2 is 1.89 bits per heavy atom. The van der Waals surface area contributed by atoms with Gasteiger partial charge in [-0.25, -0.2) is 0 Å². The van der Waals surface area contributed by atoms with Crippen molar-refractivity contribution in [1.29, 1.82) is 0 Å². The highest BCUT2D eigenvalue weighted by molar-refractivity contribution is 8.15. The summed E-state index contributed by atoms with van der Waals surface area (Å²) in [6.45, 7) is 9.07. The molecular weight excluding hydrogens is 256 g/mol. The topological polar surface area (TPSA) is 41.5 Å². The van der Waals surface area contributed by atoms with E-state index in [9.17, 15) is 4.79 Å².